The van der Waals surface area contributed by atoms with Gasteiger partial charge in [0.15, 0.2) is 11.4 Å². The summed E-state index contributed by atoms with van der Waals surface area (Å²) < 4.78 is 11.4. The lowest BCUT2D eigenvalue weighted by atomic mass is 10.0. The minimum Gasteiger partial charge on any atom is -0.454 e. The van der Waals surface area contributed by atoms with Crippen LogP contribution in [0.1, 0.15) is 0 Å². The molecule has 5 heteroatoms. The highest BCUT2D eigenvalue weighted by molar-refractivity contribution is 6.14. The second-order valence-corrected chi connectivity index (χ2v) is 12.8. The zero-order valence-corrected chi connectivity index (χ0v) is 28.2. The molecule has 7 aromatic carbocycles. The molecular formula is C47H32N4O. The first-order valence-electron chi connectivity index (χ1n) is 17.5. The maximum atomic E-state index is 6.81. The predicted octanol–water partition coefficient (Wildman–Crippen LogP) is 12.5. The highest BCUT2D eigenvalue weighted by atomic mass is 16.3. The van der Waals surface area contributed by atoms with E-state index in [1.807, 2.05) is 0 Å². The highest BCUT2D eigenvalue weighted by Gasteiger charge is 2.27. The Hall–Kier alpha value is -7.11. The van der Waals surface area contributed by atoms with Gasteiger partial charge in [-0.05, 0) is 72.3 Å². The van der Waals surface area contributed by atoms with Gasteiger partial charge in [-0.3, -0.25) is 4.57 Å². The van der Waals surface area contributed by atoms with Crippen LogP contribution < -0.4 is 4.90 Å². The number of hydrogen-bond donors (Lipinski definition) is 0. The van der Waals surface area contributed by atoms with Gasteiger partial charge in [0.05, 0.1) is 33.5 Å². The van der Waals surface area contributed by atoms with Crippen LogP contribution >= 0.6 is 0 Å². The Morgan fingerprint density at radius 2 is 1.12 bits per heavy atom. The SMILES string of the molecule is c1ccc(-c2ccccc2-n2c(-c3cc4oc5cccc(N(c6ccccc6)c6ccccc6)c5c4n3-c3ccccc3)nc3ccccc32)cc1. The van der Waals surface area contributed by atoms with Gasteiger partial charge in [0.25, 0.3) is 0 Å². The molecule has 0 unspecified atom stereocenters. The van der Waals surface area contributed by atoms with Gasteiger partial charge in [0.1, 0.15) is 11.1 Å². The van der Waals surface area contributed by atoms with Crippen LogP contribution in [-0.4, -0.2) is 14.1 Å². The van der Waals surface area contributed by atoms with Gasteiger partial charge in [-0.15, -0.1) is 0 Å². The van der Waals surface area contributed by atoms with Crippen LogP contribution in [0.2, 0.25) is 0 Å². The van der Waals surface area contributed by atoms with Crippen molar-refractivity contribution < 1.29 is 4.42 Å². The van der Waals surface area contributed by atoms with Crippen LogP contribution in [-0.2, 0) is 0 Å². The molecule has 0 N–H and O–H groups in total. The largest absolute Gasteiger partial charge is 0.454 e. The van der Waals surface area contributed by atoms with E-state index in [1.165, 1.54) is 0 Å². The van der Waals surface area contributed by atoms with Gasteiger partial charge in [-0.2, -0.15) is 0 Å². The molecule has 0 aliphatic carbocycles. The fraction of sp³-hybridized carbons (Fsp3) is 0. The van der Waals surface area contributed by atoms with E-state index in [0.717, 1.165) is 84.2 Å². The summed E-state index contributed by atoms with van der Waals surface area (Å²) in [5, 5.41) is 1.02. The van der Waals surface area contributed by atoms with Gasteiger partial charge < -0.3 is 13.9 Å². The first kappa shape index (κ1) is 29.8. The van der Waals surface area contributed by atoms with Gasteiger partial charge in [-0.1, -0.05) is 121 Å². The van der Waals surface area contributed by atoms with Crippen molar-refractivity contribution in [1.29, 1.82) is 0 Å². The van der Waals surface area contributed by atoms with Crippen molar-refractivity contribution in [2.75, 3.05) is 4.90 Å². The van der Waals surface area contributed by atoms with Crippen LogP contribution in [0.25, 0.3) is 67.1 Å². The van der Waals surface area contributed by atoms with E-state index >= 15 is 0 Å². The van der Waals surface area contributed by atoms with Crippen molar-refractivity contribution >= 4 is 50.2 Å². The van der Waals surface area contributed by atoms with E-state index in [0.29, 0.717) is 0 Å². The highest BCUT2D eigenvalue weighted by Crippen LogP contribution is 2.46. The molecule has 0 saturated carbocycles. The topological polar surface area (TPSA) is 39.1 Å². The molecule has 52 heavy (non-hydrogen) atoms. The van der Waals surface area contributed by atoms with Gasteiger partial charge in [0, 0.05) is 28.7 Å². The van der Waals surface area contributed by atoms with Crippen molar-refractivity contribution in [2.24, 2.45) is 0 Å². The van der Waals surface area contributed by atoms with Crippen molar-refractivity contribution in [2.45, 2.75) is 0 Å². The molecule has 0 aliphatic heterocycles. The summed E-state index contributed by atoms with van der Waals surface area (Å²) in [6.45, 7) is 0. The first-order valence-corrected chi connectivity index (χ1v) is 17.5. The predicted molar refractivity (Wildman–Crippen MR) is 213 cm³/mol. The summed E-state index contributed by atoms with van der Waals surface area (Å²) in [6.07, 6.45) is 0. The average Bonchev–Trinajstić information content (AvgIpc) is 3.90. The number of nitrogens with zero attached hydrogens (tertiary/aromatic N) is 4. The van der Waals surface area contributed by atoms with Gasteiger partial charge in [0.2, 0.25) is 0 Å². The summed E-state index contributed by atoms with van der Waals surface area (Å²) >= 11 is 0. The number of benzene rings is 7. The number of rotatable bonds is 7. The lowest BCUT2D eigenvalue weighted by Gasteiger charge is -2.26. The number of imidazole rings is 1. The van der Waals surface area contributed by atoms with E-state index in [4.69, 9.17) is 9.40 Å². The van der Waals surface area contributed by atoms with Crippen LogP contribution in [0.4, 0.5) is 17.1 Å². The third-order valence-corrected chi connectivity index (χ3v) is 9.73. The fourth-order valence-corrected chi connectivity index (χ4v) is 7.51. The summed E-state index contributed by atoms with van der Waals surface area (Å²) in [5.41, 5.74) is 13.0. The molecule has 0 bridgehead atoms. The molecule has 246 valence electrons. The molecular weight excluding hydrogens is 637 g/mol. The van der Waals surface area contributed by atoms with Crippen molar-refractivity contribution in [3.8, 4) is 34.0 Å². The Labute approximate surface area is 300 Å². The smallest absolute Gasteiger partial charge is 0.162 e. The van der Waals surface area contributed by atoms with Crippen LogP contribution in [0.3, 0.4) is 0 Å². The Bertz CT molecular complexity index is 2800. The zero-order chi connectivity index (χ0) is 34.4. The molecule has 0 fully saturated rings. The van der Waals surface area contributed by atoms with E-state index in [9.17, 15) is 0 Å². The van der Waals surface area contributed by atoms with Crippen LogP contribution in [0, 0.1) is 0 Å². The lowest BCUT2D eigenvalue weighted by Crippen LogP contribution is -2.10. The zero-order valence-electron chi connectivity index (χ0n) is 28.2. The molecule has 0 radical (unpaired) electrons. The molecule has 10 rings (SSSR count). The third-order valence-electron chi connectivity index (χ3n) is 9.73. The fourth-order valence-electron chi connectivity index (χ4n) is 7.51. The summed E-state index contributed by atoms with van der Waals surface area (Å²) in [6, 6.07) is 67.6. The molecule has 0 saturated heterocycles. The Morgan fingerprint density at radius 1 is 0.500 bits per heavy atom. The second kappa shape index (κ2) is 12.3. The molecule has 3 aromatic heterocycles. The number of anilines is 3. The van der Waals surface area contributed by atoms with Crippen LogP contribution in [0.15, 0.2) is 199 Å². The molecule has 3 heterocycles. The number of fused-ring (bicyclic) bond motifs is 4. The van der Waals surface area contributed by atoms with E-state index < -0.39 is 0 Å². The summed E-state index contributed by atoms with van der Waals surface area (Å²) in [5.74, 6) is 0.827. The monoisotopic (exact) mass is 668 g/mol. The average molecular weight is 669 g/mol. The molecule has 0 spiro atoms. The normalized spacial score (nSPS) is 11.5. The second-order valence-electron chi connectivity index (χ2n) is 12.8. The number of para-hydroxylation sites is 6. The number of hydrogen-bond acceptors (Lipinski definition) is 3. The van der Waals surface area contributed by atoms with E-state index in [-0.39, 0.29) is 0 Å². The van der Waals surface area contributed by atoms with Crippen molar-refractivity contribution in [3.05, 3.63) is 194 Å². The molecule has 0 amide bonds. The van der Waals surface area contributed by atoms with Crippen molar-refractivity contribution in [3.63, 3.8) is 0 Å². The van der Waals surface area contributed by atoms with Gasteiger partial charge in [-0.25, -0.2) is 4.98 Å². The minimum absolute atomic E-state index is 0.789. The molecule has 10 aromatic rings. The molecule has 0 aliphatic rings. The Morgan fingerprint density at radius 3 is 1.85 bits per heavy atom. The summed E-state index contributed by atoms with van der Waals surface area (Å²) in [7, 11) is 0. The Balaban J connectivity index is 1.31. The quantitative estimate of drug-likeness (QED) is 0.170. The number of aromatic nitrogens is 3. The van der Waals surface area contributed by atoms with E-state index in [1.54, 1.807) is 0 Å². The van der Waals surface area contributed by atoms with Gasteiger partial charge >= 0.3 is 0 Å². The van der Waals surface area contributed by atoms with Crippen LogP contribution in [0.5, 0.6) is 0 Å². The third kappa shape index (κ3) is 4.83. The number of furan rings is 1. The maximum Gasteiger partial charge on any atom is 0.162 e. The van der Waals surface area contributed by atoms with Crippen molar-refractivity contribution in [1.82, 2.24) is 14.1 Å². The lowest BCUT2D eigenvalue weighted by molar-refractivity contribution is 0.669. The minimum atomic E-state index is 0.789. The molecule has 5 nitrogen and oxygen atoms in total. The molecule has 0 atom stereocenters. The summed E-state index contributed by atoms with van der Waals surface area (Å²) in [4.78, 5) is 7.69. The van der Waals surface area contributed by atoms with E-state index in [2.05, 4.69) is 208 Å². The first-order chi connectivity index (χ1) is 25.8. The standard InChI is InChI=1S/C47H32N4O/c1-5-18-33(19-6-1)37-26-13-15-28-39(37)51-40-29-16-14-27-38(40)48-47(51)42-32-44-46(50(42)36-24-11-4-12-25-36)45-41(30-17-31-43(45)52-44)49(34-20-7-2-8-21-34)35-22-9-3-10-23-35/h1-32H. The maximum absolute atomic E-state index is 6.81. The Kier molecular flexibility index (Phi) is 7.07.